The summed E-state index contributed by atoms with van der Waals surface area (Å²) >= 11 is 0. The molecule has 0 N–H and O–H groups in total. The zero-order valence-electron chi connectivity index (χ0n) is 13.9. The lowest BCUT2D eigenvalue weighted by Gasteiger charge is -2.14. The topological polar surface area (TPSA) is 30.2 Å². The second kappa shape index (κ2) is 5.54. The molecule has 132 valence electrons. The van der Waals surface area contributed by atoms with Gasteiger partial charge in [-0.25, -0.2) is 9.97 Å². The van der Waals surface area contributed by atoms with Gasteiger partial charge in [0.1, 0.15) is 11.5 Å². The third kappa shape index (κ3) is 2.37. The van der Waals surface area contributed by atoms with Crippen LogP contribution in [0, 0.1) is 0 Å². The number of halogens is 3. The average Bonchev–Trinajstić information content (AvgIpc) is 3.07. The number of imidazole rings is 1. The Hall–Kier alpha value is -3.41. The highest BCUT2D eigenvalue weighted by Crippen LogP contribution is 2.38. The second-order valence-corrected chi connectivity index (χ2v) is 6.26. The number of hydrogen-bond donors (Lipinski definition) is 0. The quantitative estimate of drug-likeness (QED) is 0.381. The maximum absolute atomic E-state index is 13.6. The van der Waals surface area contributed by atoms with Crippen LogP contribution in [0.25, 0.3) is 39.0 Å². The number of alkyl halides is 3. The van der Waals surface area contributed by atoms with Crippen LogP contribution in [0.15, 0.2) is 72.8 Å². The van der Waals surface area contributed by atoms with Gasteiger partial charge in [0, 0.05) is 10.9 Å². The van der Waals surface area contributed by atoms with E-state index in [4.69, 9.17) is 0 Å². The largest absolute Gasteiger partial charge is 0.417 e. The van der Waals surface area contributed by atoms with Crippen molar-refractivity contribution in [3.05, 3.63) is 78.4 Å². The molecule has 0 spiro atoms. The molecule has 2 heterocycles. The molecule has 0 radical (unpaired) electrons. The molecule has 5 rings (SSSR count). The molecule has 0 saturated carbocycles. The van der Waals surface area contributed by atoms with E-state index >= 15 is 0 Å². The molecule has 27 heavy (non-hydrogen) atoms. The van der Waals surface area contributed by atoms with E-state index in [0.717, 1.165) is 17.0 Å². The first-order chi connectivity index (χ1) is 13.0. The predicted octanol–water partition coefficient (Wildman–Crippen LogP) is 5.72. The van der Waals surface area contributed by atoms with Gasteiger partial charge >= 0.3 is 6.18 Å². The molecule has 0 bridgehead atoms. The third-order valence-corrected chi connectivity index (χ3v) is 4.62. The predicted molar refractivity (Wildman–Crippen MR) is 98.4 cm³/mol. The minimum absolute atomic E-state index is 0.0314. The minimum Gasteiger partial charge on any atom is -0.276 e. The standard InChI is InChI=1S/C21H12F3N3/c22-21(23,24)15-9-3-1-7-13(15)19-25-16-10-4-2-8-14(16)20-26-17-11-5-6-12-18(17)27(19)20/h1-12H. The summed E-state index contributed by atoms with van der Waals surface area (Å²) in [5, 5.41) is 0.793. The Morgan fingerprint density at radius 1 is 0.704 bits per heavy atom. The minimum atomic E-state index is -4.48. The van der Waals surface area contributed by atoms with Gasteiger partial charge in [0.25, 0.3) is 0 Å². The molecule has 3 nitrogen and oxygen atoms in total. The molecule has 0 fully saturated rings. The van der Waals surface area contributed by atoms with Crippen molar-refractivity contribution in [3.63, 3.8) is 0 Å². The molecule has 2 aromatic heterocycles. The molecular weight excluding hydrogens is 351 g/mol. The van der Waals surface area contributed by atoms with Crippen LogP contribution < -0.4 is 0 Å². The summed E-state index contributed by atoms with van der Waals surface area (Å²) in [7, 11) is 0. The lowest BCUT2D eigenvalue weighted by molar-refractivity contribution is -0.137. The first-order valence-corrected chi connectivity index (χ1v) is 8.36. The van der Waals surface area contributed by atoms with Gasteiger partial charge in [-0.2, -0.15) is 13.2 Å². The van der Waals surface area contributed by atoms with Crippen molar-refractivity contribution >= 4 is 27.6 Å². The van der Waals surface area contributed by atoms with E-state index in [2.05, 4.69) is 9.97 Å². The zero-order valence-corrected chi connectivity index (χ0v) is 13.9. The Balaban J connectivity index is 2.01. The van der Waals surface area contributed by atoms with Crippen LogP contribution in [0.3, 0.4) is 0 Å². The molecule has 0 aliphatic heterocycles. The molecule has 5 aromatic rings. The van der Waals surface area contributed by atoms with Gasteiger partial charge in [0.15, 0.2) is 0 Å². The fourth-order valence-electron chi connectivity index (χ4n) is 3.45. The Morgan fingerprint density at radius 3 is 2.19 bits per heavy atom. The zero-order chi connectivity index (χ0) is 18.6. The number of para-hydroxylation sites is 3. The van der Waals surface area contributed by atoms with Crippen molar-refractivity contribution in [2.75, 3.05) is 0 Å². The summed E-state index contributed by atoms with van der Waals surface area (Å²) in [6, 6.07) is 20.2. The number of benzene rings is 3. The summed E-state index contributed by atoms with van der Waals surface area (Å²) in [6.45, 7) is 0. The Labute approximate surface area is 151 Å². The van der Waals surface area contributed by atoms with Crippen LogP contribution in [0.2, 0.25) is 0 Å². The van der Waals surface area contributed by atoms with E-state index in [9.17, 15) is 13.2 Å². The molecule has 0 aliphatic carbocycles. The summed E-state index contributed by atoms with van der Waals surface area (Å²) in [5.41, 5.74) is 1.94. The summed E-state index contributed by atoms with van der Waals surface area (Å²) in [4.78, 5) is 9.26. The SMILES string of the molecule is FC(F)(F)c1ccccc1-c1nc2ccccc2c2nc3ccccc3n12. The smallest absolute Gasteiger partial charge is 0.276 e. The molecule has 0 amide bonds. The van der Waals surface area contributed by atoms with E-state index in [-0.39, 0.29) is 11.4 Å². The molecule has 0 aliphatic rings. The fourth-order valence-corrected chi connectivity index (χ4v) is 3.45. The van der Waals surface area contributed by atoms with Crippen LogP contribution in [0.1, 0.15) is 5.56 Å². The second-order valence-electron chi connectivity index (χ2n) is 6.26. The molecular formula is C21H12F3N3. The van der Waals surface area contributed by atoms with Crippen molar-refractivity contribution in [2.24, 2.45) is 0 Å². The van der Waals surface area contributed by atoms with Crippen molar-refractivity contribution in [2.45, 2.75) is 6.18 Å². The van der Waals surface area contributed by atoms with E-state index in [1.807, 2.05) is 42.5 Å². The average molecular weight is 363 g/mol. The lowest BCUT2D eigenvalue weighted by atomic mass is 10.1. The van der Waals surface area contributed by atoms with Crippen molar-refractivity contribution in [1.29, 1.82) is 0 Å². The molecule has 3 aromatic carbocycles. The van der Waals surface area contributed by atoms with Crippen LogP contribution in [0.5, 0.6) is 0 Å². The normalized spacial score (nSPS) is 12.3. The number of fused-ring (bicyclic) bond motifs is 5. The van der Waals surface area contributed by atoms with Crippen LogP contribution >= 0.6 is 0 Å². The lowest BCUT2D eigenvalue weighted by Crippen LogP contribution is -2.09. The first kappa shape index (κ1) is 15.8. The van der Waals surface area contributed by atoms with Crippen molar-refractivity contribution < 1.29 is 13.2 Å². The first-order valence-electron chi connectivity index (χ1n) is 8.36. The number of nitrogens with zero attached hydrogens (tertiary/aromatic N) is 3. The molecule has 0 atom stereocenters. The van der Waals surface area contributed by atoms with E-state index in [1.54, 1.807) is 16.5 Å². The highest BCUT2D eigenvalue weighted by molar-refractivity contribution is 5.98. The molecule has 0 unspecified atom stereocenters. The van der Waals surface area contributed by atoms with Crippen LogP contribution in [0.4, 0.5) is 13.2 Å². The van der Waals surface area contributed by atoms with E-state index in [0.29, 0.717) is 16.7 Å². The van der Waals surface area contributed by atoms with Crippen molar-refractivity contribution in [1.82, 2.24) is 14.4 Å². The van der Waals surface area contributed by atoms with Gasteiger partial charge < -0.3 is 0 Å². The van der Waals surface area contributed by atoms with Crippen LogP contribution in [-0.2, 0) is 6.18 Å². The van der Waals surface area contributed by atoms with Crippen LogP contribution in [-0.4, -0.2) is 14.4 Å². The molecule has 0 saturated heterocycles. The molecule has 6 heteroatoms. The maximum atomic E-state index is 13.6. The number of rotatable bonds is 1. The van der Waals surface area contributed by atoms with Gasteiger partial charge in [0.2, 0.25) is 0 Å². The Kier molecular flexibility index (Phi) is 3.25. The highest BCUT2D eigenvalue weighted by Gasteiger charge is 2.34. The van der Waals surface area contributed by atoms with Gasteiger partial charge in [-0.05, 0) is 30.3 Å². The maximum Gasteiger partial charge on any atom is 0.417 e. The number of hydrogen-bond acceptors (Lipinski definition) is 2. The highest BCUT2D eigenvalue weighted by atomic mass is 19.4. The Morgan fingerprint density at radius 2 is 1.37 bits per heavy atom. The monoisotopic (exact) mass is 363 g/mol. The number of aromatic nitrogens is 3. The van der Waals surface area contributed by atoms with E-state index < -0.39 is 11.7 Å². The third-order valence-electron chi connectivity index (χ3n) is 4.62. The Bertz CT molecular complexity index is 1320. The van der Waals surface area contributed by atoms with Gasteiger partial charge in [0.05, 0.1) is 22.1 Å². The summed E-state index contributed by atoms with van der Waals surface area (Å²) < 4.78 is 42.6. The van der Waals surface area contributed by atoms with Crippen molar-refractivity contribution in [3.8, 4) is 11.4 Å². The van der Waals surface area contributed by atoms with E-state index in [1.165, 1.54) is 12.1 Å². The van der Waals surface area contributed by atoms with Gasteiger partial charge in [-0.1, -0.05) is 42.5 Å². The van der Waals surface area contributed by atoms with Gasteiger partial charge in [-0.3, -0.25) is 4.40 Å². The summed E-state index contributed by atoms with van der Waals surface area (Å²) in [5.74, 6) is 0.227. The van der Waals surface area contributed by atoms with Gasteiger partial charge in [-0.15, -0.1) is 0 Å². The summed E-state index contributed by atoms with van der Waals surface area (Å²) in [6.07, 6.45) is -4.48. The fraction of sp³-hybridized carbons (Fsp3) is 0.0476.